The Bertz CT molecular complexity index is 1040. The van der Waals surface area contributed by atoms with Crippen molar-refractivity contribution in [1.82, 2.24) is 15.5 Å². The number of piperidine rings is 1. The number of amides is 4. The Labute approximate surface area is 179 Å². The molecule has 31 heavy (non-hydrogen) atoms. The van der Waals surface area contributed by atoms with Crippen LogP contribution in [0.25, 0.3) is 0 Å². The van der Waals surface area contributed by atoms with E-state index in [-0.39, 0.29) is 29.9 Å². The number of hydrogen-bond donors (Lipinski definition) is 3. The minimum Gasteiger partial charge on any atom is -0.330 e. The van der Waals surface area contributed by atoms with Crippen LogP contribution in [0.2, 0.25) is 0 Å². The third kappa shape index (κ3) is 4.12. The Kier molecular flexibility index (Phi) is 5.92. The molecule has 2 heterocycles. The van der Waals surface area contributed by atoms with Crippen LogP contribution >= 0.6 is 0 Å². The van der Waals surface area contributed by atoms with Gasteiger partial charge in [-0.05, 0) is 29.7 Å². The van der Waals surface area contributed by atoms with E-state index in [1.165, 1.54) is 0 Å². The molecule has 4 amide bonds. The van der Waals surface area contributed by atoms with Gasteiger partial charge in [-0.15, -0.1) is 0 Å². The summed E-state index contributed by atoms with van der Waals surface area (Å²) >= 11 is 0. The molecule has 0 aromatic heterocycles. The minimum atomic E-state index is -0.956. The van der Waals surface area contributed by atoms with Crippen molar-refractivity contribution in [1.29, 1.82) is 0 Å². The summed E-state index contributed by atoms with van der Waals surface area (Å²) in [6, 6.07) is 14.2. The van der Waals surface area contributed by atoms with E-state index in [2.05, 4.69) is 10.6 Å². The van der Waals surface area contributed by atoms with Gasteiger partial charge in [0.25, 0.3) is 11.8 Å². The summed E-state index contributed by atoms with van der Waals surface area (Å²) in [6.45, 7) is 1.69. The second-order valence-electron chi connectivity index (χ2n) is 7.80. The molecule has 8 nitrogen and oxygen atoms in total. The molecule has 2 aliphatic heterocycles. The number of rotatable bonds is 7. The van der Waals surface area contributed by atoms with E-state index in [1.807, 2.05) is 30.3 Å². The average Bonchev–Trinajstić information content (AvgIpc) is 3.02. The molecule has 0 saturated carbocycles. The monoisotopic (exact) mass is 420 g/mol. The molecule has 0 radical (unpaired) electrons. The Hall–Kier alpha value is -3.36. The molecule has 2 aliphatic rings. The Morgan fingerprint density at radius 3 is 2.48 bits per heavy atom. The fourth-order valence-corrected chi connectivity index (χ4v) is 4.08. The molecule has 8 heteroatoms. The van der Waals surface area contributed by atoms with Gasteiger partial charge in [0.2, 0.25) is 11.8 Å². The standard InChI is InChI=1S/C23H24N4O4/c24-11-16(15-4-2-1-3-5-15)13-25-12-14-6-7-17-18(10-14)23(31)27(22(17)30)19-8-9-20(28)26-21(19)29/h1-7,10,16,19,25H,8-9,11-13,24H2,(H,26,28,29). The van der Waals surface area contributed by atoms with Gasteiger partial charge in [0.05, 0.1) is 11.1 Å². The predicted octanol–water partition coefficient (Wildman–Crippen LogP) is 0.920. The predicted molar refractivity (Wildman–Crippen MR) is 113 cm³/mol. The number of benzene rings is 2. The van der Waals surface area contributed by atoms with Crippen molar-refractivity contribution in [2.24, 2.45) is 5.73 Å². The maximum absolute atomic E-state index is 12.9. The largest absolute Gasteiger partial charge is 0.330 e. The molecule has 2 aromatic carbocycles. The second-order valence-corrected chi connectivity index (χ2v) is 7.80. The van der Waals surface area contributed by atoms with Crippen molar-refractivity contribution in [3.05, 3.63) is 70.8 Å². The quantitative estimate of drug-likeness (QED) is 0.573. The summed E-state index contributed by atoms with van der Waals surface area (Å²) in [5.41, 5.74) is 8.50. The van der Waals surface area contributed by atoms with Crippen LogP contribution < -0.4 is 16.4 Å². The highest BCUT2D eigenvalue weighted by atomic mass is 16.2. The van der Waals surface area contributed by atoms with Gasteiger partial charge in [-0.3, -0.25) is 29.4 Å². The zero-order valence-corrected chi connectivity index (χ0v) is 17.0. The van der Waals surface area contributed by atoms with Crippen LogP contribution in [0, 0.1) is 0 Å². The molecule has 0 bridgehead atoms. The Morgan fingerprint density at radius 1 is 1.03 bits per heavy atom. The number of nitrogens with one attached hydrogen (secondary N) is 2. The van der Waals surface area contributed by atoms with E-state index >= 15 is 0 Å². The number of hydrogen-bond acceptors (Lipinski definition) is 6. The normalized spacial score (nSPS) is 19.4. The van der Waals surface area contributed by atoms with E-state index in [0.29, 0.717) is 19.6 Å². The number of carbonyl (C=O) groups excluding carboxylic acids is 4. The van der Waals surface area contributed by atoms with Gasteiger partial charge in [-0.2, -0.15) is 0 Å². The molecule has 4 rings (SSSR count). The molecule has 2 atom stereocenters. The summed E-state index contributed by atoms with van der Waals surface area (Å²) < 4.78 is 0. The van der Waals surface area contributed by atoms with E-state index in [1.54, 1.807) is 18.2 Å². The lowest BCUT2D eigenvalue weighted by Crippen LogP contribution is -2.54. The lowest BCUT2D eigenvalue weighted by Gasteiger charge is -2.27. The second kappa shape index (κ2) is 8.79. The maximum Gasteiger partial charge on any atom is 0.262 e. The highest BCUT2D eigenvalue weighted by molar-refractivity contribution is 6.23. The summed E-state index contributed by atoms with van der Waals surface area (Å²) in [6.07, 6.45) is 0.243. The van der Waals surface area contributed by atoms with E-state index in [4.69, 9.17) is 5.73 Å². The first-order chi connectivity index (χ1) is 15.0. The Balaban J connectivity index is 1.43. The first-order valence-corrected chi connectivity index (χ1v) is 10.3. The molecular weight excluding hydrogens is 396 g/mol. The molecule has 2 aromatic rings. The molecule has 4 N–H and O–H groups in total. The number of carbonyl (C=O) groups is 4. The van der Waals surface area contributed by atoms with Crippen molar-refractivity contribution in [2.75, 3.05) is 13.1 Å². The summed E-state index contributed by atoms with van der Waals surface area (Å²) in [4.78, 5) is 50.2. The van der Waals surface area contributed by atoms with Gasteiger partial charge in [0.15, 0.2) is 0 Å². The zero-order valence-electron chi connectivity index (χ0n) is 17.0. The first-order valence-electron chi connectivity index (χ1n) is 10.3. The van der Waals surface area contributed by atoms with E-state index in [9.17, 15) is 19.2 Å². The molecule has 0 aliphatic carbocycles. The maximum atomic E-state index is 12.9. The van der Waals surface area contributed by atoms with Crippen LogP contribution in [0.3, 0.4) is 0 Å². The summed E-state index contributed by atoms with van der Waals surface area (Å²) in [5, 5.41) is 5.56. The van der Waals surface area contributed by atoms with Crippen molar-refractivity contribution in [3.63, 3.8) is 0 Å². The van der Waals surface area contributed by atoms with Crippen LogP contribution in [0.15, 0.2) is 48.5 Å². The van der Waals surface area contributed by atoms with E-state index < -0.39 is 29.7 Å². The molecule has 1 fully saturated rings. The van der Waals surface area contributed by atoms with Crippen LogP contribution in [0.1, 0.15) is 50.6 Å². The van der Waals surface area contributed by atoms with E-state index in [0.717, 1.165) is 16.0 Å². The first kappa shape index (κ1) is 20.9. The highest BCUT2D eigenvalue weighted by Crippen LogP contribution is 2.28. The molecule has 2 unspecified atom stereocenters. The van der Waals surface area contributed by atoms with Crippen molar-refractivity contribution in [2.45, 2.75) is 31.3 Å². The van der Waals surface area contributed by atoms with Gasteiger partial charge in [-0.1, -0.05) is 36.4 Å². The van der Waals surface area contributed by atoms with Gasteiger partial charge in [-0.25, -0.2) is 0 Å². The topological polar surface area (TPSA) is 122 Å². The van der Waals surface area contributed by atoms with Crippen LogP contribution in [0.4, 0.5) is 0 Å². The van der Waals surface area contributed by atoms with Crippen LogP contribution in [0.5, 0.6) is 0 Å². The molecule has 160 valence electrons. The van der Waals surface area contributed by atoms with Gasteiger partial charge < -0.3 is 11.1 Å². The fourth-order valence-electron chi connectivity index (χ4n) is 4.08. The van der Waals surface area contributed by atoms with Gasteiger partial charge >= 0.3 is 0 Å². The summed E-state index contributed by atoms with van der Waals surface area (Å²) in [5.74, 6) is -1.83. The van der Waals surface area contributed by atoms with Crippen molar-refractivity contribution < 1.29 is 19.2 Å². The molecular formula is C23H24N4O4. The number of imide groups is 2. The fraction of sp³-hybridized carbons (Fsp3) is 0.304. The zero-order chi connectivity index (χ0) is 22.0. The molecule has 0 spiro atoms. The lowest BCUT2D eigenvalue weighted by molar-refractivity contribution is -0.136. The Morgan fingerprint density at radius 2 is 1.77 bits per heavy atom. The molecule has 1 saturated heterocycles. The van der Waals surface area contributed by atoms with Gasteiger partial charge in [0.1, 0.15) is 6.04 Å². The van der Waals surface area contributed by atoms with Gasteiger partial charge in [0, 0.05) is 32.0 Å². The SMILES string of the molecule is NCC(CNCc1ccc2c(c1)C(=O)N(C1CCC(=O)NC1=O)C2=O)c1ccccc1. The van der Waals surface area contributed by atoms with Crippen LogP contribution in [-0.4, -0.2) is 47.7 Å². The van der Waals surface area contributed by atoms with Crippen LogP contribution in [-0.2, 0) is 16.1 Å². The number of nitrogens with zero attached hydrogens (tertiary/aromatic N) is 1. The number of fused-ring (bicyclic) bond motifs is 1. The number of nitrogens with two attached hydrogens (primary N) is 1. The third-order valence-corrected chi connectivity index (χ3v) is 5.78. The summed E-state index contributed by atoms with van der Waals surface area (Å²) in [7, 11) is 0. The minimum absolute atomic E-state index is 0.0999. The van der Waals surface area contributed by atoms with Crippen molar-refractivity contribution in [3.8, 4) is 0 Å². The average molecular weight is 420 g/mol. The lowest BCUT2D eigenvalue weighted by atomic mass is 9.99. The third-order valence-electron chi connectivity index (χ3n) is 5.78. The highest BCUT2D eigenvalue weighted by Gasteiger charge is 2.44. The van der Waals surface area contributed by atoms with Crippen molar-refractivity contribution >= 4 is 23.6 Å². The smallest absolute Gasteiger partial charge is 0.262 e.